The number of rotatable bonds is 4. The van der Waals surface area contributed by atoms with E-state index in [0.29, 0.717) is 11.3 Å². The van der Waals surface area contributed by atoms with Gasteiger partial charge in [0, 0.05) is 17.8 Å². The molecule has 0 saturated heterocycles. The fraction of sp³-hybridized carbons (Fsp3) is 0.429. The molecule has 0 heterocycles. The van der Waals surface area contributed by atoms with Gasteiger partial charge in [-0.05, 0) is 44.9 Å². The first kappa shape index (κ1) is 15.0. The van der Waals surface area contributed by atoms with E-state index in [1.54, 1.807) is 19.9 Å². The van der Waals surface area contributed by atoms with Crippen molar-refractivity contribution in [3.05, 3.63) is 28.8 Å². The zero-order valence-corrected chi connectivity index (χ0v) is 11.8. The molecule has 0 spiro atoms. The van der Waals surface area contributed by atoms with Crippen LogP contribution >= 0.6 is 0 Å². The van der Waals surface area contributed by atoms with Gasteiger partial charge in [-0.15, -0.1) is 0 Å². The SMILES string of the molecule is Cc1cc(C)c(C(=O)NCC(C)(C)C(N)=O)cc1N. The number of nitrogens with two attached hydrogens (primary N) is 2. The van der Waals surface area contributed by atoms with Gasteiger partial charge in [0.05, 0.1) is 5.41 Å². The van der Waals surface area contributed by atoms with Crippen molar-refractivity contribution in [1.82, 2.24) is 5.32 Å². The van der Waals surface area contributed by atoms with Crippen LogP contribution in [-0.2, 0) is 4.79 Å². The Hall–Kier alpha value is -2.04. The lowest BCUT2D eigenvalue weighted by Gasteiger charge is -2.21. The highest BCUT2D eigenvalue weighted by Crippen LogP contribution is 2.18. The largest absolute Gasteiger partial charge is 0.398 e. The van der Waals surface area contributed by atoms with Crippen molar-refractivity contribution in [1.29, 1.82) is 0 Å². The van der Waals surface area contributed by atoms with Crippen molar-refractivity contribution < 1.29 is 9.59 Å². The molecular weight excluding hydrogens is 242 g/mol. The van der Waals surface area contributed by atoms with E-state index >= 15 is 0 Å². The van der Waals surface area contributed by atoms with E-state index in [0.717, 1.165) is 11.1 Å². The van der Waals surface area contributed by atoms with E-state index in [2.05, 4.69) is 5.32 Å². The number of aryl methyl sites for hydroxylation is 2. The van der Waals surface area contributed by atoms with Crippen LogP contribution in [0.2, 0.25) is 0 Å². The summed E-state index contributed by atoms with van der Waals surface area (Å²) in [6, 6.07) is 3.51. The molecule has 0 bridgehead atoms. The Morgan fingerprint density at radius 2 is 1.79 bits per heavy atom. The molecule has 0 aliphatic carbocycles. The monoisotopic (exact) mass is 263 g/mol. The van der Waals surface area contributed by atoms with Gasteiger partial charge in [-0.3, -0.25) is 9.59 Å². The van der Waals surface area contributed by atoms with Crippen LogP contribution in [0, 0.1) is 19.3 Å². The second-order valence-corrected chi connectivity index (χ2v) is 5.45. The highest BCUT2D eigenvalue weighted by atomic mass is 16.2. The predicted octanol–water partition coefficient (Wildman–Crippen LogP) is 1.13. The van der Waals surface area contributed by atoms with Gasteiger partial charge >= 0.3 is 0 Å². The summed E-state index contributed by atoms with van der Waals surface area (Å²) in [5.41, 5.74) is 13.2. The molecule has 104 valence electrons. The molecule has 0 aromatic heterocycles. The van der Waals surface area contributed by atoms with E-state index in [1.807, 2.05) is 19.9 Å². The maximum absolute atomic E-state index is 12.1. The Kier molecular flexibility index (Phi) is 4.19. The van der Waals surface area contributed by atoms with Gasteiger partial charge in [-0.25, -0.2) is 0 Å². The van der Waals surface area contributed by atoms with Gasteiger partial charge < -0.3 is 16.8 Å². The van der Waals surface area contributed by atoms with Crippen molar-refractivity contribution in [2.24, 2.45) is 11.1 Å². The summed E-state index contributed by atoms with van der Waals surface area (Å²) in [5.74, 6) is -0.702. The first-order valence-corrected chi connectivity index (χ1v) is 6.10. The van der Waals surface area contributed by atoms with Crippen molar-refractivity contribution in [2.75, 3.05) is 12.3 Å². The van der Waals surface area contributed by atoms with Crippen LogP contribution in [-0.4, -0.2) is 18.4 Å². The first-order chi connectivity index (χ1) is 8.65. The third-order valence-corrected chi connectivity index (χ3v) is 3.22. The summed E-state index contributed by atoms with van der Waals surface area (Å²) in [4.78, 5) is 23.3. The topological polar surface area (TPSA) is 98.2 Å². The van der Waals surface area contributed by atoms with Gasteiger partial charge in [0.25, 0.3) is 5.91 Å². The fourth-order valence-corrected chi connectivity index (χ4v) is 1.60. The van der Waals surface area contributed by atoms with Gasteiger partial charge in [-0.2, -0.15) is 0 Å². The molecule has 0 aliphatic rings. The molecular formula is C14H21N3O2. The summed E-state index contributed by atoms with van der Waals surface area (Å²) in [6.07, 6.45) is 0. The van der Waals surface area contributed by atoms with Crippen molar-refractivity contribution in [3.63, 3.8) is 0 Å². The quantitative estimate of drug-likeness (QED) is 0.710. The molecule has 2 amide bonds. The molecule has 5 N–H and O–H groups in total. The minimum Gasteiger partial charge on any atom is -0.398 e. The number of primary amides is 1. The van der Waals surface area contributed by atoms with Crippen molar-refractivity contribution in [3.8, 4) is 0 Å². The minimum atomic E-state index is -0.778. The van der Waals surface area contributed by atoms with Gasteiger partial charge in [0.15, 0.2) is 0 Å². The molecule has 0 fully saturated rings. The standard InChI is InChI=1S/C14H21N3O2/c1-8-5-9(2)11(15)6-10(8)12(18)17-7-14(3,4)13(16)19/h5-6H,7,15H2,1-4H3,(H2,16,19)(H,17,18). The minimum absolute atomic E-state index is 0.189. The second kappa shape index (κ2) is 5.30. The van der Waals surface area contributed by atoms with Crippen LogP contribution in [0.1, 0.15) is 35.3 Å². The number of carbonyl (C=O) groups is 2. The molecule has 19 heavy (non-hydrogen) atoms. The van der Waals surface area contributed by atoms with Crippen molar-refractivity contribution in [2.45, 2.75) is 27.7 Å². The Labute approximate surface area is 113 Å². The Morgan fingerprint density at radius 1 is 1.21 bits per heavy atom. The molecule has 5 heteroatoms. The van der Waals surface area contributed by atoms with Gasteiger partial charge in [-0.1, -0.05) is 6.07 Å². The summed E-state index contributed by atoms with van der Waals surface area (Å²) in [7, 11) is 0. The summed E-state index contributed by atoms with van der Waals surface area (Å²) >= 11 is 0. The van der Waals surface area contributed by atoms with Crippen LogP contribution in [0.25, 0.3) is 0 Å². The molecule has 1 aromatic carbocycles. The van der Waals surface area contributed by atoms with Crippen LogP contribution in [0.3, 0.4) is 0 Å². The molecule has 0 saturated carbocycles. The number of nitrogen functional groups attached to an aromatic ring is 1. The highest BCUT2D eigenvalue weighted by molar-refractivity contribution is 5.97. The molecule has 0 atom stereocenters. The van der Waals surface area contributed by atoms with Gasteiger partial charge in [0.2, 0.25) is 5.91 Å². The second-order valence-electron chi connectivity index (χ2n) is 5.45. The average molecular weight is 263 g/mol. The normalized spacial score (nSPS) is 11.2. The number of hydrogen-bond acceptors (Lipinski definition) is 3. The molecule has 5 nitrogen and oxygen atoms in total. The number of hydrogen-bond donors (Lipinski definition) is 3. The lowest BCUT2D eigenvalue weighted by molar-refractivity contribution is -0.125. The zero-order chi connectivity index (χ0) is 14.8. The van der Waals surface area contributed by atoms with Crippen LogP contribution in [0.15, 0.2) is 12.1 Å². The third kappa shape index (κ3) is 3.47. The Balaban J connectivity index is 2.86. The summed E-state index contributed by atoms with van der Waals surface area (Å²) in [6.45, 7) is 7.30. The average Bonchev–Trinajstić information content (AvgIpc) is 2.30. The number of benzene rings is 1. The number of carbonyl (C=O) groups excluding carboxylic acids is 2. The zero-order valence-electron chi connectivity index (χ0n) is 11.8. The maximum atomic E-state index is 12.1. The molecule has 0 unspecified atom stereocenters. The van der Waals surface area contributed by atoms with Crippen LogP contribution < -0.4 is 16.8 Å². The third-order valence-electron chi connectivity index (χ3n) is 3.22. The summed E-state index contributed by atoms with van der Waals surface area (Å²) in [5, 5.41) is 2.71. The summed E-state index contributed by atoms with van der Waals surface area (Å²) < 4.78 is 0. The molecule has 0 radical (unpaired) electrons. The molecule has 0 aliphatic heterocycles. The number of anilines is 1. The Morgan fingerprint density at radius 3 is 2.32 bits per heavy atom. The number of nitrogens with one attached hydrogen (secondary N) is 1. The predicted molar refractivity (Wildman–Crippen MR) is 75.6 cm³/mol. The van der Waals surface area contributed by atoms with E-state index in [9.17, 15) is 9.59 Å². The van der Waals surface area contributed by atoms with Crippen LogP contribution in [0.5, 0.6) is 0 Å². The van der Waals surface area contributed by atoms with E-state index in [4.69, 9.17) is 11.5 Å². The van der Waals surface area contributed by atoms with E-state index in [-0.39, 0.29) is 12.5 Å². The van der Waals surface area contributed by atoms with E-state index < -0.39 is 11.3 Å². The fourth-order valence-electron chi connectivity index (χ4n) is 1.60. The van der Waals surface area contributed by atoms with Gasteiger partial charge in [0.1, 0.15) is 0 Å². The lowest BCUT2D eigenvalue weighted by atomic mass is 9.92. The first-order valence-electron chi connectivity index (χ1n) is 6.10. The van der Waals surface area contributed by atoms with Crippen LogP contribution in [0.4, 0.5) is 5.69 Å². The Bertz CT molecular complexity index is 522. The highest BCUT2D eigenvalue weighted by Gasteiger charge is 2.25. The molecule has 1 aromatic rings. The number of amides is 2. The lowest BCUT2D eigenvalue weighted by Crippen LogP contribution is -2.42. The maximum Gasteiger partial charge on any atom is 0.251 e. The van der Waals surface area contributed by atoms with E-state index in [1.165, 1.54) is 0 Å². The smallest absolute Gasteiger partial charge is 0.251 e. The molecule has 1 rings (SSSR count). The van der Waals surface area contributed by atoms with Crippen molar-refractivity contribution >= 4 is 17.5 Å².